The van der Waals surface area contributed by atoms with Gasteiger partial charge in [0, 0.05) is 17.8 Å². The van der Waals surface area contributed by atoms with E-state index in [9.17, 15) is 0 Å². The molecule has 0 fully saturated rings. The van der Waals surface area contributed by atoms with Crippen molar-refractivity contribution in [2.45, 2.75) is 85.5 Å². The van der Waals surface area contributed by atoms with Crippen molar-refractivity contribution in [2.24, 2.45) is 0 Å². The monoisotopic (exact) mass is 404 g/mol. The molecule has 0 aromatic heterocycles. The fourth-order valence-electron chi connectivity index (χ4n) is 4.60. The maximum atomic E-state index is 3.83. The largest absolute Gasteiger partial charge is 0.337 e. The topological polar surface area (TPSA) is 6.25 Å². The zero-order chi connectivity index (χ0) is 22.0. The fourth-order valence-corrected chi connectivity index (χ4v) is 4.60. The number of hydrogen-bond donors (Lipinski definition) is 0. The van der Waals surface area contributed by atoms with Gasteiger partial charge in [-0.25, -0.2) is 0 Å². The Labute approximate surface area is 184 Å². The maximum absolute atomic E-state index is 3.83. The molecule has 0 aliphatic carbocycles. The summed E-state index contributed by atoms with van der Waals surface area (Å²) in [6.07, 6.45) is 4.97. The Morgan fingerprint density at radius 3 is 1.57 bits per heavy atom. The molecular formula is C28H40N2. The minimum Gasteiger partial charge on any atom is -0.337 e. The Hall–Kier alpha value is -2.09. The van der Waals surface area contributed by atoms with Gasteiger partial charge in [-0.05, 0) is 23.7 Å². The van der Waals surface area contributed by atoms with Gasteiger partial charge in [0.1, 0.15) is 0 Å². The summed E-state index contributed by atoms with van der Waals surface area (Å²) in [4.78, 5) is 2.41. The molecule has 0 saturated carbocycles. The molecule has 2 aromatic rings. The molecule has 3 rings (SSSR count). The Kier molecular flexibility index (Phi) is 7.06. The first kappa shape index (κ1) is 22.6. The first-order valence-electron chi connectivity index (χ1n) is 11.8. The van der Waals surface area contributed by atoms with Crippen LogP contribution in [-0.4, -0.2) is 24.0 Å². The molecule has 2 aromatic carbocycles. The molecule has 1 aliphatic heterocycles. The Balaban J connectivity index is 2.19. The molecule has 0 unspecified atom stereocenters. The van der Waals surface area contributed by atoms with Crippen LogP contribution in [0.15, 0.2) is 36.4 Å². The van der Waals surface area contributed by atoms with Gasteiger partial charge in [-0.2, -0.15) is 0 Å². The second-order valence-corrected chi connectivity index (χ2v) is 9.95. The molecule has 162 valence electrons. The maximum Gasteiger partial charge on any atom is 0.206 e. The smallest absolute Gasteiger partial charge is 0.206 e. The minimum atomic E-state index is 0.491. The average molecular weight is 405 g/mol. The summed E-state index contributed by atoms with van der Waals surface area (Å²) in [5.41, 5.74) is 8.46. The Morgan fingerprint density at radius 2 is 1.13 bits per heavy atom. The number of hydrogen-bond acceptors (Lipinski definition) is 1. The van der Waals surface area contributed by atoms with Crippen LogP contribution in [0.2, 0.25) is 0 Å². The van der Waals surface area contributed by atoms with E-state index in [0.29, 0.717) is 23.7 Å². The van der Waals surface area contributed by atoms with Gasteiger partial charge in [-0.1, -0.05) is 114 Å². The summed E-state index contributed by atoms with van der Waals surface area (Å²) in [5, 5.41) is 0. The molecule has 0 bridgehead atoms. The molecule has 0 saturated heterocycles. The molecule has 0 N–H and O–H groups in total. The standard InChI is InChI=1S/C28H40N2/c1-19(2)23-12-9-13-24(20(3)4)27(23)29-16-11-17-30(18-29)28-25(21(5)6)14-10-15-26(28)22(7)8/h9-10,12-15,19-22H,11,16-17H2,1-8H3. The van der Waals surface area contributed by atoms with Gasteiger partial charge in [0.25, 0.3) is 0 Å². The van der Waals surface area contributed by atoms with Gasteiger partial charge in [0.15, 0.2) is 0 Å². The van der Waals surface area contributed by atoms with Gasteiger partial charge < -0.3 is 9.48 Å². The summed E-state index contributed by atoms with van der Waals surface area (Å²) in [7, 11) is 0. The first-order valence-corrected chi connectivity index (χ1v) is 11.8. The van der Waals surface area contributed by atoms with Crippen molar-refractivity contribution in [3.63, 3.8) is 0 Å². The lowest BCUT2D eigenvalue weighted by molar-refractivity contribution is -0.441. The van der Waals surface area contributed by atoms with Crippen LogP contribution in [0.3, 0.4) is 0 Å². The lowest BCUT2D eigenvalue weighted by Crippen LogP contribution is -2.36. The van der Waals surface area contributed by atoms with E-state index in [2.05, 4.69) is 108 Å². The van der Waals surface area contributed by atoms with Crippen molar-refractivity contribution in [2.75, 3.05) is 18.0 Å². The van der Waals surface area contributed by atoms with Gasteiger partial charge in [-0.3, -0.25) is 0 Å². The van der Waals surface area contributed by atoms with Crippen LogP contribution in [-0.2, 0) is 0 Å². The molecule has 0 atom stereocenters. The number of rotatable bonds is 6. The molecule has 2 nitrogen and oxygen atoms in total. The van der Waals surface area contributed by atoms with Crippen LogP contribution in [0.5, 0.6) is 0 Å². The molecule has 1 heterocycles. The van der Waals surface area contributed by atoms with E-state index >= 15 is 0 Å². The average Bonchev–Trinajstić information content (AvgIpc) is 2.72. The van der Waals surface area contributed by atoms with Crippen LogP contribution < -0.4 is 4.90 Å². The van der Waals surface area contributed by atoms with Gasteiger partial charge in [0.2, 0.25) is 6.34 Å². The zero-order valence-electron chi connectivity index (χ0n) is 20.3. The molecular weight excluding hydrogens is 364 g/mol. The van der Waals surface area contributed by atoms with E-state index < -0.39 is 0 Å². The number of nitrogens with zero attached hydrogens (tertiary/aromatic N) is 2. The second kappa shape index (κ2) is 9.37. The number of benzene rings is 2. The third-order valence-corrected chi connectivity index (χ3v) is 6.23. The third-order valence-electron chi connectivity index (χ3n) is 6.23. The molecule has 0 spiro atoms. The molecule has 0 amide bonds. The van der Waals surface area contributed by atoms with Crippen LogP contribution >= 0.6 is 0 Å². The highest BCUT2D eigenvalue weighted by atomic mass is 15.2. The second-order valence-electron chi connectivity index (χ2n) is 9.95. The van der Waals surface area contributed by atoms with E-state index in [1.165, 1.54) is 33.6 Å². The van der Waals surface area contributed by atoms with E-state index in [4.69, 9.17) is 0 Å². The van der Waals surface area contributed by atoms with Crippen LogP contribution in [0.25, 0.3) is 0 Å². The van der Waals surface area contributed by atoms with Gasteiger partial charge >= 0.3 is 0 Å². The molecule has 1 aliphatic rings. The van der Waals surface area contributed by atoms with Crippen molar-refractivity contribution in [1.29, 1.82) is 0 Å². The third kappa shape index (κ3) is 4.48. The van der Waals surface area contributed by atoms with Crippen LogP contribution in [0, 0.1) is 0 Å². The Morgan fingerprint density at radius 1 is 0.700 bits per heavy atom. The van der Waals surface area contributed by atoms with Crippen molar-refractivity contribution in [1.82, 2.24) is 0 Å². The van der Waals surface area contributed by atoms with Crippen molar-refractivity contribution >= 4 is 17.7 Å². The Bertz CT molecular complexity index is 850. The summed E-state index contributed by atoms with van der Waals surface area (Å²) in [6, 6.07) is 13.6. The SMILES string of the molecule is CC(C)c1cccc(C(C)C)c1N1[C-]=[N+](c2c(C(C)C)cccc2C(C)C)CCC1. The fraction of sp³-hybridized carbons (Fsp3) is 0.536. The van der Waals surface area contributed by atoms with Crippen molar-refractivity contribution in [3.05, 3.63) is 58.7 Å². The normalized spacial score (nSPS) is 14.9. The number of anilines is 1. The zero-order valence-corrected chi connectivity index (χ0v) is 20.3. The summed E-state index contributed by atoms with van der Waals surface area (Å²) >= 11 is 0. The molecule has 30 heavy (non-hydrogen) atoms. The minimum absolute atomic E-state index is 0.491. The predicted octanol–water partition coefficient (Wildman–Crippen LogP) is 7.64. The van der Waals surface area contributed by atoms with E-state index in [1.807, 2.05) is 0 Å². The number of para-hydroxylation sites is 2. The van der Waals surface area contributed by atoms with Gasteiger partial charge in [0.05, 0.1) is 13.1 Å². The van der Waals surface area contributed by atoms with Crippen LogP contribution in [0.4, 0.5) is 11.4 Å². The van der Waals surface area contributed by atoms with Crippen LogP contribution in [0.1, 0.15) is 108 Å². The predicted molar refractivity (Wildman–Crippen MR) is 131 cm³/mol. The van der Waals surface area contributed by atoms with Gasteiger partial charge in [-0.15, -0.1) is 0 Å². The lowest BCUT2D eigenvalue weighted by atomic mass is 9.91. The highest BCUT2D eigenvalue weighted by molar-refractivity contribution is 5.82. The van der Waals surface area contributed by atoms with Crippen molar-refractivity contribution in [3.8, 4) is 0 Å². The van der Waals surface area contributed by atoms with E-state index in [1.54, 1.807) is 0 Å². The summed E-state index contributed by atoms with van der Waals surface area (Å²) in [6.45, 7) is 20.5. The molecule has 2 heteroatoms. The van der Waals surface area contributed by atoms with Crippen molar-refractivity contribution < 1.29 is 4.58 Å². The highest BCUT2D eigenvalue weighted by Crippen LogP contribution is 2.38. The highest BCUT2D eigenvalue weighted by Gasteiger charge is 2.23. The van der Waals surface area contributed by atoms with E-state index in [0.717, 1.165) is 19.5 Å². The van der Waals surface area contributed by atoms with E-state index in [-0.39, 0.29) is 0 Å². The first-order chi connectivity index (χ1) is 14.2. The molecule has 0 radical (unpaired) electrons. The summed E-state index contributed by atoms with van der Waals surface area (Å²) in [5.74, 6) is 1.96. The lowest BCUT2D eigenvalue weighted by Gasteiger charge is -2.34. The quantitative estimate of drug-likeness (QED) is 0.354. The summed E-state index contributed by atoms with van der Waals surface area (Å²) < 4.78 is 2.41.